The van der Waals surface area contributed by atoms with E-state index in [9.17, 15) is 0 Å². The molecule has 2 N–H and O–H groups in total. The van der Waals surface area contributed by atoms with E-state index in [1.807, 2.05) is 37.3 Å². The van der Waals surface area contributed by atoms with Gasteiger partial charge in [-0.05, 0) is 62.2 Å². The van der Waals surface area contributed by atoms with E-state index in [-0.39, 0.29) is 41.5 Å². The van der Waals surface area contributed by atoms with Crippen molar-refractivity contribution in [2.24, 2.45) is 15.9 Å². The molecule has 0 spiro atoms. The molecule has 3 rings (SSSR count). The number of aliphatic imine (C=N–C) groups is 2. The van der Waals surface area contributed by atoms with Gasteiger partial charge in [-0.15, -0.1) is 0 Å². The minimum absolute atomic E-state index is 0. The van der Waals surface area contributed by atoms with Gasteiger partial charge in [0, 0.05) is 29.6 Å². The van der Waals surface area contributed by atoms with Crippen LogP contribution in [0, 0.1) is 30.1 Å². The molecule has 0 aromatic heterocycles. The van der Waals surface area contributed by atoms with E-state index in [2.05, 4.69) is 60.1 Å². The molecule has 0 amide bonds. The summed E-state index contributed by atoms with van der Waals surface area (Å²) >= 11 is 0. The van der Waals surface area contributed by atoms with Crippen LogP contribution in [-0.4, -0.2) is 57.8 Å². The van der Waals surface area contributed by atoms with Gasteiger partial charge in [0.15, 0.2) is 0 Å². The van der Waals surface area contributed by atoms with Crippen molar-refractivity contribution in [2.75, 3.05) is 38.3 Å². The first-order valence-corrected chi connectivity index (χ1v) is 16.7. The Labute approximate surface area is 300 Å². The van der Waals surface area contributed by atoms with Gasteiger partial charge in [-0.25, -0.2) is 0 Å². The monoisotopic (exact) mass is 632 g/mol. The molecule has 7 heteroatoms. The van der Waals surface area contributed by atoms with Crippen LogP contribution in [0.15, 0.2) is 64.6 Å². The van der Waals surface area contributed by atoms with Gasteiger partial charge in [0.25, 0.3) is 0 Å². The van der Waals surface area contributed by atoms with Gasteiger partial charge in [-0.3, -0.25) is 9.98 Å². The number of ether oxygens (including phenoxy) is 2. The summed E-state index contributed by atoms with van der Waals surface area (Å²) in [6.45, 7) is 12.6. The normalized spacial score (nSPS) is 14.7. The molecule has 0 saturated carbocycles. The standard InChI is InChI=1S/C39H53N4O2.Na/c1-4-6-7-8-9-10-11-12-15-23-44-25-26-45-24-16-18-32-21-22-33-28-37(29-36(33)27-32)42-39(35(17-5-2)31-41-3)43-38-20-14-13-19-34(38)30-40;/h5,13-14,17,19-22,27,30,35,37,40H,1,3-4,6-12,15,23-26,28-29,31H2,2H3,(H,42,43);/q-1;+1/b17-5-,40-30?;. The van der Waals surface area contributed by atoms with Crippen LogP contribution in [0.1, 0.15) is 87.0 Å². The van der Waals surface area contributed by atoms with Gasteiger partial charge in [-0.2, -0.15) is 6.42 Å². The summed E-state index contributed by atoms with van der Waals surface area (Å²) in [5, 5.41) is 11.3. The number of hydrogen-bond donors (Lipinski definition) is 2. The molecule has 0 aliphatic heterocycles. The van der Waals surface area contributed by atoms with Gasteiger partial charge in [0.1, 0.15) is 12.4 Å². The molecular weight excluding hydrogens is 579 g/mol. The van der Waals surface area contributed by atoms with Crippen LogP contribution >= 0.6 is 0 Å². The van der Waals surface area contributed by atoms with Crippen molar-refractivity contribution in [1.82, 2.24) is 0 Å². The second-order valence-corrected chi connectivity index (χ2v) is 11.6. The van der Waals surface area contributed by atoms with E-state index in [4.69, 9.17) is 19.9 Å². The van der Waals surface area contributed by atoms with Gasteiger partial charge in [-0.1, -0.05) is 93.2 Å². The fourth-order valence-corrected chi connectivity index (χ4v) is 5.59. The average molecular weight is 633 g/mol. The summed E-state index contributed by atoms with van der Waals surface area (Å²) in [5.74, 6) is 7.24. The number of para-hydroxylation sites is 1. The Kier molecular flexibility index (Phi) is 21.2. The summed E-state index contributed by atoms with van der Waals surface area (Å²) in [4.78, 5) is 9.36. The van der Waals surface area contributed by atoms with E-state index in [1.54, 1.807) is 0 Å². The van der Waals surface area contributed by atoms with Gasteiger partial charge >= 0.3 is 29.6 Å². The zero-order chi connectivity index (χ0) is 32.0. The van der Waals surface area contributed by atoms with Crippen LogP contribution in [0.25, 0.3) is 0 Å². The minimum Gasteiger partial charge on any atom is -0.379 e. The van der Waals surface area contributed by atoms with Crippen LogP contribution in [0.3, 0.4) is 0 Å². The summed E-state index contributed by atoms with van der Waals surface area (Å²) in [7, 11) is 0. The number of nitrogens with one attached hydrogen (secondary N) is 2. The molecule has 242 valence electrons. The molecule has 0 radical (unpaired) electrons. The number of unbranched alkanes of at least 4 members (excludes halogenated alkanes) is 8. The van der Waals surface area contributed by atoms with Gasteiger partial charge in [0.05, 0.1) is 31.7 Å². The molecular formula is C39H53N4NaO2. The average Bonchev–Trinajstić information content (AvgIpc) is 3.46. The fraction of sp³-hybridized carbons (Fsp3) is 0.487. The Balaban J connectivity index is 0.00000736. The number of anilines is 1. The zero-order valence-electron chi connectivity index (χ0n) is 28.4. The maximum atomic E-state index is 7.80. The maximum absolute atomic E-state index is 7.80. The van der Waals surface area contributed by atoms with E-state index in [0.717, 1.165) is 54.9 Å². The number of rotatable bonds is 21. The SMILES string of the molecule is C=NCC(/C=C\C)C(=NC1Cc2ccc(C#CCOCCOCCCCCCCCCC[CH2-])cc2C1)Nc1ccccc1C=N.[Na+]. The summed E-state index contributed by atoms with van der Waals surface area (Å²) in [6.07, 6.45) is 18.6. The second kappa shape index (κ2) is 24.6. The first-order valence-electron chi connectivity index (χ1n) is 16.7. The summed E-state index contributed by atoms with van der Waals surface area (Å²) in [6, 6.07) is 14.4. The van der Waals surface area contributed by atoms with Crippen molar-refractivity contribution in [3.05, 3.63) is 83.8 Å². The van der Waals surface area contributed by atoms with Crippen molar-refractivity contribution in [3.63, 3.8) is 0 Å². The van der Waals surface area contributed by atoms with Crippen molar-refractivity contribution in [1.29, 1.82) is 5.41 Å². The van der Waals surface area contributed by atoms with Crippen molar-refractivity contribution in [3.8, 4) is 11.8 Å². The molecule has 2 aromatic rings. The third kappa shape index (κ3) is 14.9. The van der Waals surface area contributed by atoms with Crippen LogP contribution in [-0.2, 0) is 22.3 Å². The third-order valence-electron chi connectivity index (χ3n) is 7.99. The number of allylic oxidation sites excluding steroid dienone is 1. The fourth-order valence-electron chi connectivity index (χ4n) is 5.59. The topological polar surface area (TPSA) is 79.1 Å². The largest absolute Gasteiger partial charge is 1.00 e. The molecule has 6 nitrogen and oxygen atoms in total. The van der Waals surface area contributed by atoms with Crippen LogP contribution in [0.4, 0.5) is 5.69 Å². The minimum atomic E-state index is -0.0184. The van der Waals surface area contributed by atoms with Crippen molar-refractivity contribution in [2.45, 2.75) is 83.6 Å². The predicted molar refractivity (Wildman–Crippen MR) is 191 cm³/mol. The Hall–Kier alpha value is -2.53. The van der Waals surface area contributed by atoms with Gasteiger partial charge in [0.2, 0.25) is 0 Å². The molecule has 0 saturated heterocycles. The number of benzene rings is 2. The Bertz CT molecular complexity index is 1300. The van der Waals surface area contributed by atoms with Crippen LogP contribution in [0.2, 0.25) is 0 Å². The molecule has 1 aliphatic carbocycles. The number of fused-ring (bicyclic) bond motifs is 1. The Morgan fingerprint density at radius 1 is 1.00 bits per heavy atom. The first-order chi connectivity index (χ1) is 22.2. The van der Waals surface area contributed by atoms with Gasteiger partial charge < -0.3 is 27.1 Å². The van der Waals surface area contributed by atoms with Crippen molar-refractivity contribution >= 4 is 24.5 Å². The van der Waals surface area contributed by atoms with E-state index >= 15 is 0 Å². The third-order valence-corrected chi connectivity index (χ3v) is 7.99. The molecule has 46 heavy (non-hydrogen) atoms. The van der Waals surface area contributed by atoms with E-state index in [1.165, 1.54) is 62.3 Å². The Morgan fingerprint density at radius 3 is 2.46 bits per heavy atom. The number of amidine groups is 1. The number of nitrogens with zero attached hydrogens (tertiary/aromatic N) is 2. The van der Waals surface area contributed by atoms with Crippen LogP contribution < -0.4 is 34.9 Å². The van der Waals surface area contributed by atoms with Crippen molar-refractivity contribution < 1.29 is 39.0 Å². The zero-order valence-corrected chi connectivity index (χ0v) is 30.4. The molecule has 2 aromatic carbocycles. The number of hydrogen-bond acceptors (Lipinski definition) is 5. The predicted octanol–water partition coefficient (Wildman–Crippen LogP) is 5.29. The molecule has 1 aliphatic rings. The van der Waals surface area contributed by atoms with Crippen LogP contribution in [0.5, 0.6) is 0 Å². The molecule has 2 unspecified atom stereocenters. The second-order valence-electron chi connectivity index (χ2n) is 11.6. The summed E-state index contributed by atoms with van der Waals surface area (Å²) < 4.78 is 11.4. The quantitative estimate of drug-likeness (QED) is 0.0374. The summed E-state index contributed by atoms with van der Waals surface area (Å²) in [5.41, 5.74) is 5.29. The molecule has 2 atom stereocenters. The maximum Gasteiger partial charge on any atom is 1.00 e. The smallest absolute Gasteiger partial charge is 0.379 e. The molecule has 0 bridgehead atoms. The Morgan fingerprint density at radius 2 is 1.72 bits per heavy atom. The first kappa shape index (κ1) is 39.6. The van der Waals surface area contributed by atoms with E-state index in [0.29, 0.717) is 26.4 Å². The molecule has 0 fully saturated rings. The molecule has 0 heterocycles. The van der Waals surface area contributed by atoms with E-state index < -0.39 is 0 Å².